The minimum atomic E-state index is -1.24. The van der Waals surface area contributed by atoms with E-state index >= 15 is 0 Å². The lowest BCUT2D eigenvalue weighted by molar-refractivity contribution is 0.0685. The van der Waals surface area contributed by atoms with E-state index < -0.39 is 5.97 Å². The number of hydrogen-bond acceptors (Lipinski definition) is 10. The number of tetrazole rings is 1. The van der Waals surface area contributed by atoms with Crippen molar-refractivity contribution in [1.29, 1.82) is 0 Å². The van der Waals surface area contributed by atoms with Crippen molar-refractivity contribution < 1.29 is 19.3 Å². The van der Waals surface area contributed by atoms with E-state index in [0.29, 0.717) is 25.3 Å². The van der Waals surface area contributed by atoms with Crippen LogP contribution in [0, 0.1) is 0 Å². The highest BCUT2D eigenvalue weighted by molar-refractivity contribution is 5.90. The molecule has 0 atom stereocenters. The van der Waals surface area contributed by atoms with Crippen molar-refractivity contribution >= 4 is 11.8 Å². The average molecular weight is 374 g/mol. The van der Waals surface area contributed by atoms with Gasteiger partial charge in [-0.2, -0.15) is 0 Å². The number of carboxylic acids is 1. The van der Waals surface area contributed by atoms with E-state index in [1.807, 2.05) is 24.3 Å². The number of ether oxygens (including phenoxy) is 1. The van der Waals surface area contributed by atoms with Gasteiger partial charge in [-0.15, -0.1) is 5.10 Å². The smallest absolute Gasteiger partial charge is 0.362 e. The van der Waals surface area contributed by atoms with Crippen molar-refractivity contribution in [3.05, 3.63) is 41.3 Å². The summed E-state index contributed by atoms with van der Waals surface area (Å²) in [7, 11) is 1.63. The minimum absolute atomic E-state index is 0.0154. The molecular weight excluding hydrogens is 356 g/mol. The Morgan fingerprint density at radius 1 is 1.30 bits per heavy atom. The number of nitrogens with zero attached hydrogens (tertiary/aromatic N) is 6. The number of hydrogen-bond donors (Lipinski definition) is 3. The van der Waals surface area contributed by atoms with Gasteiger partial charge in [0, 0.05) is 19.5 Å². The number of aromatic carboxylic acids is 1. The molecule has 12 nitrogen and oxygen atoms in total. The Morgan fingerprint density at radius 2 is 2.11 bits per heavy atom. The van der Waals surface area contributed by atoms with E-state index in [9.17, 15) is 4.79 Å². The van der Waals surface area contributed by atoms with Crippen LogP contribution >= 0.6 is 0 Å². The summed E-state index contributed by atoms with van der Waals surface area (Å²) in [6, 6.07) is 7.80. The highest BCUT2D eigenvalue weighted by atomic mass is 16.6. The molecule has 142 valence electrons. The predicted molar refractivity (Wildman–Crippen MR) is 91.1 cm³/mol. The first kappa shape index (κ1) is 18.3. The monoisotopic (exact) mass is 374 g/mol. The molecule has 0 spiro atoms. The van der Waals surface area contributed by atoms with Gasteiger partial charge in [0.05, 0.1) is 7.11 Å². The van der Waals surface area contributed by atoms with Gasteiger partial charge in [0.15, 0.2) is 5.82 Å². The molecule has 0 aliphatic rings. The molecule has 1 aromatic carbocycles. The van der Waals surface area contributed by atoms with Crippen molar-refractivity contribution in [3.8, 4) is 5.75 Å². The number of aromatic nitrogens is 6. The summed E-state index contributed by atoms with van der Waals surface area (Å²) in [6.45, 7) is 1.50. The summed E-state index contributed by atoms with van der Waals surface area (Å²) >= 11 is 0. The second kappa shape index (κ2) is 8.71. The van der Waals surface area contributed by atoms with Crippen LogP contribution in [0.2, 0.25) is 0 Å². The molecule has 0 amide bonds. The van der Waals surface area contributed by atoms with Gasteiger partial charge in [0.25, 0.3) is 0 Å². The van der Waals surface area contributed by atoms with Gasteiger partial charge in [0.1, 0.15) is 12.4 Å². The Hall–Kier alpha value is -3.54. The molecule has 0 saturated heterocycles. The third-order valence-corrected chi connectivity index (χ3v) is 3.71. The van der Waals surface area contributed by atoms with Crippen LogP contribution in [0.5, 0.6) is 5.75 Å². The summed E-state index contributed by atoms with van der Waals surface area (Å²) < 4.78 is 11.1. The molecular formula is C15H18N8O4. The van der Waals surface area contributed by atoms with Crippen LogP contribution in [-0.4, -0.2) is 55.3 Å². The van der Waals surface area contributed by atoms with Gasteiger partial charge in [0.2, 0.25) is 11.5 Å². The molecule has 0 radical (unpaired) electrons. The lowest BCUT2D eigenvalue weighted by Gasteiger charge is -2.07. The van der Waals surface area contributed by atoms with Crippen LogP contribution < -0.4 is 15.4 Å². The van der Waals surface area contributed by atoms with E-state index in [-0.39, 0.29) is 18.2 Å². The molecule has 0 bridgehead atoms. The number of nitrogens with one attached hydrogen (secondary N) is 2. The molecule has 2 heterocycles. The van der Waals surface area contributed by atoms with E-state index in [1.165, 1.54) is 4.68 Å². The number of benzene rings is 1. The predicted octanol–water partition coefficient (Wildman–Crippen LogP) is 0.165. The normalized spacial score (nSPS) is 10.7. The van der Waals surface area contributed by atoms with Crippen molar-refractivity contribution in [3.63, 3.8) is 0 Å². The second-order valence-corrected chi connectivity index (χ2v) is 5.47. The first-order valence-electron chi connectivity index (χ1n) is 8.06. The number of carboxylic acid groups (broad SMARTS) is 1. The maximum Gasteiger partial charge on any atom is 0.362 e. The number of anilines is 1. The zero-order chi connectivity index (χ0) is 19.1. The average Bonchev–Trinajstić information content (AvgIpc) is 3.33. The third kappa shape index (κ3) is 4.76. The van der Waals surface area contributed by atoms with Gasteiger partial charge in [-0.25, -0.2) is 14.1 Å². The molecule has 27 heavy (non-hydrogen) atoms. The van der Waals surface area contributed by atoms with Gasteiger partial charge < -0.3 is 20.5 Å². The maximum atomic E-state index is 11.0. The van der Waals surface area contributed by atoms with Crippen LogP contribution in [0.25, 0.3) is 0 Å². The van der Waals surface area contributed by atoms with Crippen LogP contribution in [0.3, 0.4) is 0 Å². The van der Waals surface area contributed by atoms with Crippen molar-refractivity contribution in [1.82, 2.24) is 35.8 Å². The summed E-state index contributed by atoms with van der Waals surface area (Å²) in [5, 5.41) is 33.4. The Morgan fingerprint density at radius 3 is 2.85 bits per heavy atom. The van der Waals surface area contributed by atoms with Crippen LogP contribution in [0.1, 0.15) is 21.9 Å². The SMILES string of the molecule is COc1ccc(CNCCc2nnnn2CNc2nonc2C(=O)O)cc1. The molecule has 3 rings (SSSR count). The van der Waals surface area contributed by atoms with Crippen molar-refractivity contribution in [2.24, 2.45) is 0 Å². The number of carbonyl (C=O) groups is 1. The van der Waals surface area contributed by atoms with Crippen LogP contribution in [-0.2, 0) is 19.6 Å². The summed E-state index contributed by atoms with van der Waals surface area (Å²) in [5.41, 5.74) is 0.836. The summed E-state index contributed by atoms with van der Waals surface area (Å²) in [5.74, 6) is 0.233. The van der Waals surface area contributed by atoms with Gasteiger partial charge >= 0.3 is 5.97 Å². The van der Waals surface area contributed by atoms with E-state index in [1.54, 1.807) is 7.11 Å². The number of methoxy groups -OCH3 is 1. The summed E-state index contributed by atoms with van der Waals surface area (Å²) in [4.78, 5) is 11.0. The Labute approximate surface area is 153 Å². The van der Waals surface area contributed by atoms with Crippen molar-refractivity contribution in [2.45, 2.75) is 19.6 Å². The molecule has 3 aromatic rings. The van der Waals surface area contributed by atoms with Crippen LogP contribution in [0.15, 0.2) is 28.9 Å². The van der Waals surface area contributed by atoms with E-state index in [0.717, 1.165) is 11.3 Å². The first-order chi connectivity index (χ1) is 13.2. The topological polar surface area (TPSA) is 153 Å². The molecule has 0 unspecified atom stereocenters. The molecule has 0 fully saturated rings. The highest BCUT2D eigenvalue weighted by Crippen LogP contribution is 2.11. The second-order valence-electron chi connectivity index (χ2n) is 5.47. The Bertz CT molecular complexity index is 876. The largest absolute Gasteiger partial charge is 0.497 e. The zero-order valence-electron chi connectivity index (χ0n) is 14.5. The minimum Gasteiger partial charge on any atom is -0.497 e. The van der Waals surface area contributed by atoms with Gasteiger partial charge in [-0.3, -0.25) is 0 Å². The fourth-order valence-corrected chi connectivity index (χ4v) is 2.30. The number of rotatable bonds is 10. The third-order valence-electron chi connectivity index (χ3n) is 3.71. The first-order valence-corrected chi connectivity index (χ1v) is 8.06. The van der Waals surface area contributed by atoms with Gasteiger partial charge in [-0.1, -0.05) is 12.1 Å². The summed E-state index contributed by atoms with van der Waals surface area (Å²) in [6.07, 6.45) is 0.591. The van der Waals surface area contributed by atoms with Crippen LogP contribution in [0.4, 0.5) is 5.82 Å². The molecule has 2 aromatic heterocycles. The molecule has 0 saturated carbocycles. The lowest BCUT2D eigenvalue weighted by Crippen LogP contribution is -2.20. The standard InChI is InChI=1S/C15H18N8O4/c1-26-11-4-2-10(3-5-11)8-16-7-6-12-18-21-22-23(12)9-17-14-13(15(24)25)19-27-20-14/h2-5,16H,6-9H2,1H3,(H,17,20)(H,24,25). The molecule has 0 aliphatic carbocycles. The maximum absolute atomic E-state index is 11.0. The fourth-order valence-electron chi connectivity index (χ4n) is 2.30. The fraction of sp³-hybridized carbons (Fsp3) is 0.333. The van der Waals surface area contributed by atoms with Crippen molar-refractivity contribution in [2.75, 3.05) is 19.0 Å². The van der Waals surface area contributed by atoms with E-state index in [2.05, 4.69) is 41.1 Å². The molecule has 3 N–H and O–H groups in total. The van der Waals surface area contributed by atoms with Gasteiger partial charge in [-0.05, 0) is 38.4 Å². The molecule has 12 heteroatoms. The Kier molecular flexibility index (Phi) is 5.89. The molecule has 0 aliphatic heterocycles. The zero-order valence-corrected chi connectivity index (χ0v) is 14.5. The quantitative estimate of drug-likeness (QED) is 0.416. The lowest BCUT2D eigenvalue weighted by atomic mass is 10.2. The Balaban J connectivity index is 1.47. The van der Waals surface area contributed by atoms with E-state index in [4.69, 9.17) is 9.84 Å². The highest BCUT2D eigenvalue weighted by Gasteiger charge is 2.17.